The molecular weight excluding hydrogens is 232 g/mol. The summed E-state index contributed by atoms with van der Waals surface area (Å²) in [5.41, 5.74) is 3.53. The van der Waals surface area contributed by atoms with Crippen LogP contribution in [0.3, 0.4) is 0 Å². The third-order valence-corrected chi connectivity index (χ3v) is 2.81. The maximum atomic E-state index is 5.85. The molecule has 0 fully saturated rings. The lowest BCUT2D eigenvalue weighted by molar-refractivity contribution is 1.09. The first-order valence-corrected chi connectivity index (χ1v) is 5.80. The molecule has 17 heavy (non-hydrogen) atoms. The van der Waals surface area contributed by atoms with Crippen LogP contribution in [0.15, 0.2) is 49.1 Å². The number of rotatable bonds is 3. The van der Waals surface area contributed by atoms with Crippen molar-refractivity contribution in [2.24, 2.45) is 0 Å². The molecule has 2 aromatic rings. The summed E-state index contributed by atoms with van der Waals surface area (Å²) in [6.07, 6.45) is 8.22. The van der Waals surface area contributed by atoms with Gasteiger partial charge in [-0.3, -0.25) is 0 Å². The molecule has 2 nitrogen and oxygen atoms in total. The normalized spacial score (nSPS) is 11.5. The largest absolute Gasteiger partial charge is 0.245 e. The molecule has 0 aliphatic rings. The Bertz CT molecular complexity index is 504. The van der Waals surface area contributed by atoms with Gasteiger partial charge in [-0.15, -0.1) is 0 Å². The van der Waals surface area contributed by atoms with Crippen LogP contribution in [0.25, 0.3) is 5.57 Å². The highest BCUT2D eigenvalue weighted by Crippen LogP contribution is 2.17. The molecular formula is C14H13ClN2. The Balaban J connectivity index is 2.10. The van der Waals surface area contributed by atoms with E-state index in [2.05, 4.69) is 23.0 Å². The van der Waals surface area contributed by atoms with Crippen LogP contribution in [0.1, 0.15) is 18.1 Å². The maximum Gasteiger partial charge on any atom is 0.115 e. The molecule has 0 unspecified atom stereocenters. The van der Waals surface area contributed by atoms with Crippen molar-refractivity contribution in [3.8, 4) is 0 Å². The van der Waals surface area contributed by atoms with Gasteiger partial charge in [0.25, 0.3) is 0 Å². The van der Waals surface area contributed by atoms with E-state index >= 15 is 0 Å². The monoisotopic (exact) mass is 244 g/mol. The summed E-state index contributed by atoms with van der Waals surface area (Å²) in [4.78, 5) is 7.98. The molecule has 3 heteroatoms. The first kappa shape index (κ1) is 11.8. The molecule has 0 radical (unpaired) electrons. The first-order chi connectivity index (χ1) is 8.25. The minimum Gasteiger partial charge on any atom is -0.245 e. The fourth-order valence-electron chi connectivity index (χ4n) is 1.54. The Labute approximate surface area is 106 Å². The third-order valence-electron chi connectivity index (χ3n) is 2.56. The molecule has 1 aromatic carbocycles. The van der Waals surface area contributed by atoms with E-state index in [1.165, 1.54) is 11.1 Å². The molecule has 0 spiro atoms. The van der Waals surface area contributed by atoms with Gasteiger partial charge in [0, 0.05) is 17.4 Å². The average Bonchev–Trinajstić information content (AvgIpc) is 2.38. The van der Waals surface area contributed by atoms with Gasteiger partial charge < -0.3 is 0 Å². The predicted molar refractivity (Wildman–Crippen MR) is 70.8 cm³/mol. The zero-order valence-electron chi connectivity index (χ0n) is 9.60. The molecule has 0 N–H and O–H groups in total. The van der Waals surface area contributed by atoms with Crippen LogP contribution in [-0.2, 0) is 6.42 Å². The van der Waals surface area contributed by atoms with E-state index < -0.39 is 0 Å². The van der Waals surface area contributed by atoms with Gasteiger partial charge in [-0.2, -0.15) is 0 Å². The van der Waals surface area contributed by atoms with E-state index in [0.29, 0.717) is 0 Å². The van der Waals surface area contributed by atoms with Crippen molar-refractivity contribution in [2.45, 2.75) is 13.3 Å². The number of hydrogen-bond donors (Lipinski definition) is 0. The van der Waals surface area contributed by atoms with Gasteiger partial charge in [0.15, 0.2) is 0 Å². The van der Waals surface area contributed by atoms with Crippen molar-refractivity contribution in [1.82, 2.24) is 9.97 Å². The molecule has 0 aliphatic carbocycles. The summed E-state index contributed by atoms with van der Waals surface area (Å²) in [5, 5.41) is 0.762. The zero-order valence-corrected chi connectivity index (χ0v) is 10.4. The predicted octanol–water partition coefficient (Wildman–Crippen LogP) is 3.78. The summed E-state index contributed by atoms with van der Waals surface area (Å²) < 4.78 is 0. The van der Waals surface area contributed by atoms with Gasteiger partial charge in [-0.1, -0.05) is 29.8 Å². The van der Waals surface area contributed by atoms with Crippen molar-refractivity contribution < 1.29 is 0 Å². The standard InChI is InChI=1S/C14H13ClN2/c1-11(13-4-6-14(15)7-5-13)2-3-12-8-16-10-17-9-12/h2,4-10H,3H2,1H3. The maximum absolute atomic E-state index is 5.85. The second kappa shape index (κ2) is 5.60. The van der Waals surface area contributed by atoms with Crippen LogP contribution in [0.5, 0.6) is 0 Å². The van der Waals surface area contributed by atoms with E-state index in [9.17, 15) is 0 Å². The third kappa shape index (κ3) is 3.40. The minimum absolute atomic E-state index is 0.762. The lowest BCUT2D eigenvalue weighted by Gasteiger charge is -2.02. The van der Waals surface area contributed by atoms with Crippen LogP contribution < -0.4 is 0 Å². The number of hydrogen-bond acceptors (Lipinski definition) is 2. The van der Waals surface area contributed by atoms with Crippen LogP contribution in [-0.4, -0.2) is 9.97 Å². The molecule has 0 saturated carbocycles. The highest BCUT2D eigenvalue weighted by atomic mass is 35.5. The summed E-state index contributed by atoms with van der Waals surface area (Å²) in [5.74, 6) is 0. The first-order valence-electron chi connectivity index (χ1n) is 5.42. The lowest BCUT2D eigenvalue weighted by atomic mass is 10.1. The molecule has 0 atom stereocenters. The van der Waals surface area contributed by atoms with Gasteiger partial charge >= 0.3 is 0 Å². The Morgan fingerprint density at radius 1 is 1.18 bits per heavy atom. The van der Waals surface area contributed by atoms with Gasteiger partial charge in [-0.05, 0) is 42.2 Å². The molecule has 86 valence electrons. The van der Waals surface area contributed by atoms with Crippen LogP contribution in [0.2, 0.25) is 5.02 Å². The SMILES string of the molecule is CC(=CCc1cncnc1)c1ccc(Cl)cc1. The summed E-state index contributed by atoms with van der Waals surface area (Å²) in [6.45, 7) is 2.09. The molecule has 2 rings (SSSR count). The van der Waals surface area contributed by atoms with Gasteiger partial charge in [0.2, 0.25) is 0 Å². The molecule has 0 saturated heterocycles. The molecule has 0 bridgehead atoms. The topological polar surface area (TPSA) is 25.8 Å². The van der Waals surface area contributed by atoms with Crippen LogP contribution in [0.4, 0.5) is 0 Å². The van der Waals surface area contributed by atoms with Gasteiger partial charge in [0.05, 0.1) is 0 Å². The van der Waals surface area contributed by atoms with Gasteiger partial charge in [0.1, 0.15) is 6.33 Å². The number of nitrogens with zero attached hydrogens (tertiary/aromatic N) is 2. The Morgan fingerprint density at radius 3 is 2.47 bits per heavy atom. The van der Waals surface area contributed by atoms with Crippen LogP contribution in [0, 0.1) is 0 Å². The van der Waals surface area contributed by atoms with E-state index in [1.54, 1.807) is 6.33 Å². The molecule has 0 amide bonds. The van der Waals surface area contributed by atoms with E-state index in [-0.39, 0.29) is 0 Å². The Kier molecular flexibility index (Phi) is 3.89. The van der Waals surface area contributed by atoms with Crippen molar-refractivity contribution in [2.75, 3.05) is 0 Å². The minimum atomic E-state index is 0.762. The number of aromatic nitrogens is 2. The summed E-state index contributed by atoms with van der Waals surface area (Å²) in [7, 11) is 0. The van der Waals surface area contributed by atoms with Crippen molar-refractivity contribution in [3.05, 3.63) is 65.2 Å². The Hall–Kier alpha value is -1.67. The smallest absolute Gasteiger partial charge is 0.115 e. The highest BCUT2D eigenvalue weighted by Gasteiger charge is 1.96. The van der Waals surface area contributed by atoms with Crippen molar-refractivity contribution in [3.63, 3.8) is 0 Å². The molecule has 1 heterocycles. The number of halogens is 1. The van der Waals surface area contributed by atoms with E-state index in [0.717, 1.165) is 17.0 Å². The zero-order chi connectivity index (χ0) is 12.1. The second-order valence-corrected chi connectivity index (χ2v) is 4.28. The quantitative estimate of drug-likeness (QED) is 0.821. The lowest BCUT2D eigenvalue weighted by Crippen LogP contribution is -1.86. The summed E-state index contributed by atoms with van der Waals surface area (Å²) >= 11 is 5.85. The van der Waals surface area contributed by atoms with E-state index in [4.69, 9.17) is 11.6 Å². The molecule has 1 aromatic heterocycles. The Morgan fingerprint density at radius 2 is 1.82 bits per heavy atom. The fourth-order valence-corrected chi connectivity index (χ4v) is 1.66. The number of allylic oxidation sites excluding steroid dienone is 2. The van der Waals surface area contributed by atoms with Crippen molar-refractivity contribution >= 4 is 17.2 Å². The van der Waals surface area contributed by atoms with Gasteiger partial charge in [-0.25, -0.2) is 9.97 Å². The average molecular weight is 245 g/mol. The number of benzene rings is 1. The molecule has 0 aliphatic heterocycles. The second-order valence-electron chi connectivity index (χ2n) is 3.84. The highest BCUT2D eigenvalue weighted by molar-refractivity contribution is 6.30. The van der Waals surface area contributed by atoms with Crippen LogP contribution >= 0.6 is 11.6 Å². The fraction of sp³-hybridized carbons (Fsp3) is 0.143. The van der Waals surface area contributed by atoms with E-state index in [1.807, 2.05) is 36.7 Å². The van der Waals surface area contributed by atoms with Crippen molar-refractivity contribution in [1.29, 1.82) is 0 Å². The summed E-state index contributed by atoms with van der Waals surface area (Å²) in [6, 6.07) is 7.85.